The molecule has 0 saturated carbocycles. The molecule has 5 nitrogen and oxygen atoms in total. The summed E-state index contributed by atoms with van der Waals surface area (Å²) in [5, 5.41) is 14.5. The van der Waals surface area contributed by atoms with Crippen molar-refractivity contribution >= 4 is 11.4 Å². The quantitative estimate of drug-likeness (QED) is 0.538. The van der Waals surface area contributed by atoms with E-state index < -0.39 is 0 Å². The van der Waals surface area contributed by atoms with Gasteiger partial charge in [0, 0.05) is 6.04 Å². The normalized spacial score (nSPS) is 11.9. The summed E-state index contributed by atoms with van der Waals surface area (Å²) in [6.07, 6.45) is 4.22. The molecule has 1 rings (SSSR count). The van der Waals surface area contributed by atoms with Crippen LogP contribution >= 0.6 is 0 Å². The molecule has 1 N–H and O–H groups in total. The standard InChI is InChI=1S/C15H24N2O3/c1-4-7-8-12(5-2)16-14-10-9-13(20-6-3)11-15(14)17(18)19/h9-12,16H,4-8H2,1-3H3. The molecule has 0 fully saturated rings. The first-order valence-electron chi connectivity index (χ1n) is 7.30. The van der Waals surface area contributed by atoms with Crippen LogP contribution in [0.5, 0.6) is 5.75 Å². The fraction of sp³-hybridized carbons (Fsp3) is 0.600. The molecule has 0 saturated heterocycles. The molecule has 20 heavy (non-hydrogen) atoms. The Kier molecular flexibility index (Phi) is 6.84. The molecule has 0 bridgehead atoms. The molecule has 1 aromatic carbocycles. The highest BCUT2D eigenvalue weighted by Gasteiger charge is 2.17. The minimum absolute atomic E-state index is 0.0749. The summed E-state index contributed by atoms with van der Waals surface area (Å²) in [7, 11) is 0. The van der Waals surface area contributed by atoms with Gasteiger partial charge in [-0.05, 0) is 31.9 Å². The zero-order valence-corrected chi connectivity index (χ0v) is 12.5. The van der Waals surface area contributed by atoms with Crippen LogP contribution in [0.2, 0.25) is 0 Å². The van der Waals surface area contributed by atoms with Crippen molar-refractivity contribution in [2.75, 3.05) is 11.9 Å². The average molecular weight is 280 g/mol. The number of hydrogen-bond donors (Lipinski definition) is 1. The number of nitrogens with zero attached hydrogens (tertiary/aromatic N) is 1. The molecule has 0 aliphatic rings. The molecule has 5 heteroatoms. The molecule has 0 radical (unpaired) electrons. The lowest BCUT2D eigenvalue weighted by Gasteiger charge is -2.18. The molecule has 1 atom stereocenters. The number of nitrogens with one attached hydrogen (secondary N) is 1. The summed E-state index contributed by atoms with van der Waals surface area (Å²) in [5.74, 6) is 0.534. The second-order valence-corrected chi connectivity index (χ2v) is 4.76. The maximum Gasteiger partial charge on any atom is 0.296 e. The third-order valence-electron chi connectivity index (χ3n) is 3.24. The van der Waals surface area contributed by atoms with Crippen LogP contribution in [0.3, 0.4) is 0 Å². The molecule has 1 unspecified atom stereocenters. The number of nitro benzene ring substituents is 1. The molecular formula is C15H24N2O3. The Bertz CT molecular complexity index is 435. The van der Waals surface area contributed by atoms with Crippen molar-refractivity contribution in [1.29, 1.82) is 0 Å². The number of anilines is 1. The van der Waals surface area contributed by atoms with Gasteiger partial charge in [-0.1, -0.05) is 26.7 Å². The fourth-order valence-corrected chi connectivity index (χ4v) is 2.09. The Balaban J connectivity index is 2.89. The highest BCUT2D eigenvalue weighted by atomic mass is 16.6. The van der Waals surface area contributed by atoms with Gasteiger partial charge in [0.05, 0.1) is 17.6 Å². The molecule has 0 amide bonds. The molecule has 0 aromatic heterocycles. The maximum atomic E-state index is 11.2. The summed E-state index contributed by atoms with van der Waals surface area (Å²) in [4.78, 5) is 10.8. The van der Waals surface area contributed by atoms with Gasteiger partial charge in [0.15, 0.2) is 0 Å². The number of benzene rings is 1. The van der Waals surface area contributed by atoms with Crippen molar-refractivity contribution in [3.05, 3.63) is 28.3 Å². The third kappa shape index (κ3) is 4.72. The van der Waals surface area contributed by atoms with Gasteiger partial charge in [-0.15, -0.1) is 0 Å². The number of hydrogen-bond acceptors (Lipinski definition) is 4. The second kappa shape index (κ2) is 8.40. The van der Waals surface area contributed by atoms with Crippen LogP contribution in [-0.2, 0) is 0 Å². The smallest absolute Gasteiger partial charge is 0.296 e. The first-order chi connectivity index (χ1) is 9.62. The number of unbranched alkanes of at least 4 members (excludes halogenated alkanes) is 1. The van der Waals surface area contributed by atoms with Crippen molar-refractivity contribution in [3.63, 3.8) is 0 Å². The lowest BCUT2D eigenvalue weighted by atomic mass is 10.1. The molecule has 112 valence electrons. The van der Waals surface area contributed by atoms with Gasteiger partial charge < -0.3 is 10.1 Å². The van der Waals surface area contributed by atoms with Gasteiger partial charge in [0.1, 0.15) is 11.4 Å². The van der Waals surface area contributed by atoms with E-state index in [-0.39, 0.29) is 16.7 Å². The Hall–Kier alpha value is -1.78. The minimum Gasteiger partial charge on any atom is -0.494 e. The highest BCUT2D eigenvalue weighted by molar-refractivity contribution is 5.64. The van der Waals surface area contributed by atoms with Crippen LogP contribution in [0, 0.1) is 10.1 Å². The first-order valence-corrected chi connectivity index (χ1v) is 7.30. The van der Waals surface area contributed by atoms with E-state index in [9.17, 15) is 10.1 Å². The SMILES string of the molecule is CCCCC(CC)Nc1ccc(OCC)cc1[N+](=O)[O-]. The zero-order chi connectivity index (χ0) is 15.0. The van der Waals surface area contributed by atoms with Crippen molar-refractivity contribution in [3.8, 4) is 5.75 Å². The van der Waals surface area contributed by atoms with Crippen LogP contribution < -0.4 is 10.1 Å². The summed E-state index contributed by atoms with van der Waals surface area (Å²) in [5.41, 5.74) is 0.646. The van der Waals surface area contributed by atoms with Gasteiger partial charge in [-0.25, -0.2) is 0 Å². The van der Waals surface area contributed by atoms with Crippen LogP contribution in [-0.4, -0.2) is 17.6 Å². The van der Waals surface area contributed by atoms with Crippen LogP contribution in [0.15, 0.2) is 18.2 Å². The van der Waals surface area contributed by atoms with Crippen LogP contribution in [0.25, 0.3) is 0 Å². The lowest BCUT2D eigenvalue weighted by Crippen LogP contribution is -2.19. The molecule has 0 spiro atoms. The Morgan fingerprint density at radius 3 is 2.65 bits per heavy atom. The highest BCUT2D eigenvalue weighted by Crippen LogP contribution is 2.30. The number of nitro groups is 1. The van der Waals surface area contributed by atoms with E-state index in [1.54, 1.807) is 12.1 Å². The van der Waals surface area contributed by atoms with Crippen molar-refractivity contribution in [1.82, 2.24) is 0 Å². The first kappa shape index (κ1) is 16.3. The van der Waals surface area contributed by atoms with Crippen molar-refractivity contribution < 1.29 is 9.66 Å². The van der Waals surface area contributed by atoms with Gasteiger partial charge >= 0.3 is 0 Å². The molecular weight excluding hydrogens is 256 g/mol. The van der Waals surface area contributed by atoms with E-state index in [0.29, 0.717) is 18.0 Å². The second-order valence-electron chi connectivity index (χ2n) is 4.76. The predicted octanol–water partition coefficient (Wildman–Crippen LogP) is 4.37. The Morgan fingerprint density at radius 2 is 2.10 bits per heavy atom. The molecule has 0 aliphatic heterocycles. The Morgan fingerprint density at radius 1 is 1.35 bits per heavy atom. The van der Waals surface area contributed by atoms with Gasteiger partial charge in [-0.2, -0.15) is 0 Å². The summed E-state index contributed by atoms with van der Waals surface area (Å²) < 4.78 is 5.32. The van der Waals surface area contributed by atoms with E-state index >= 15 is 0 Å². The predicted molar refractivity (Wildman–Crippen MR) is 81.5 cm³/mol. The van der Waals surface area contributed by atoms with E-state index in [1.165, 1.54) is 6.07 Å². The van der Waals surface area contributed by atoms with Gasteiger partial charge in [-0.3, -0.25) is 10.1 Å². The zero-order valence-electron chi connectivity index (χ0n) is 12.5. The third-order valence-corrected chi connectivity index (χ3v) is 3.24. The maximum absolute atomic E-state index is 11.2. The van der Waals surface area contributed by atoms with Gasteiger partial charge in [0.2, 0.25) is 0 Å². The molecule has 0 aliphatic carbocycles. The van der Waals surface area contributed by atoms with E-state index in [4.69, 9.17) is 4.74 Å². The molecule has 1 aromatic rings. The fourth-order valence-electron chi connectivity index (χ4n) is 2.09. The molecule has 0 heterocycles. The number of ether oxygens (including phenoxy) is 1. The van der Waals surface area contributed by atoms with Crippen LogP contribution in [0.4, 0.5) is 11.4 Å². The van der Waals surface area contributed by atoms with Crippen LogP contribution in [0.1, 0.15) is 46.5 Å². The topological polar surface area (TPSA) is 64.4 Å². The Labute approximate surface area is 120 Å². The lowest BCUT2D eigenvalue weighted by molar-refractivity contribution is -0.384. The van der Waals surface area contributed by atoms with Gasteiger partial charge in [0.25, 0.3) is 5.69 Å². The summed E-state index contributed by atoms with van der Waals surface area (Å²) >= 11 is 0. The number of rotatable bonds is 9. The van der Waals surface area contributed by atoms with E-state index in [1.807, 2.05) is 6.92 Å². The van der Waals surface area contributed by atoms with E-state index in [0.717, 1.165) is 25.7 Å². The summed E-state index contributed by atoms with van der Waals surface area (Å²) in [6.45, 7) is 6.59. The minimum atomic E-state index is -0.364. The van der Waals surface area contributed by atoms with Crippen molar-refractivity contribution in [2.45, 2.75) is 52.5 Å². The summed E-state index contributed by atoms with van der Waals surface area (Å²) in [6, 6.07) is 5.26. The van der Waals surface area contributed by atoms with E-state index in [2.05, 4.69) is 19.2 Å². The average Bonchev–Trinajstić information content (AvgIpc) is 2.44. The largest absolute Gasteiger partial charge is 0.494 e. The van der Waals surface area contributed by atoms with Crippen molar-refractivity contribution in [2.24, 2.45) is 0 Å². The monoisotopic (exact) mass is 280 g/mol.